The highest BCUT2D eigenvalue weighted by atomic mass is 79.9. The number of amides is 2. The van der Waals surface area contributed by atoms with Crippen LogP contribution in [-0.2, 0) is 9.59 Å². The molecule has 1 atom stereocenters. The molecule has 1 aliphatic heterocycles. The third-order valence-electron chi connectivity index (χ3n) is 4.86. The minimum atomic E-state index is -0.369. The maximum atomic E-state index is 12.8. The maximum Gasteiger partial charge on any atom is 0.229 e. The van der Waals surface area contributed by atoms with E-state index in [1.807, 2.05) is 50.2 Å². The molecule has 0 spiro atoms. The fourth-order valence-electron chi connectivity index (χ4n) is 3.41. The van der Waals surface area contributed by atoms with Gasteiger partial charge in [0.15, 0.2) is 0 Å². The first-order valence-electron chi connectivity index (χ1n) is 9.50. The van der Waals surface area contributed by atoms with Crippen molar-refractivity contribution >= 4 is 39.1 Å². The highest BCUT2D eigenvalue weighted by Gasteiger charge is 2.35. The minimum absolute atomic E-state index is 0.0355. The van der Waals surface area contributed by atoms with Crippen molar-refractivity contribution in [1.29, 1.82) is 0 Å². The van der Waals surface area contributed by atoms with E-state index in [1.54, 1.807) is 4.90 Å². The predicted molar refractivity (Wildman–Crippen MR) is 115 cm³/mol. The largest absolute Gasteiger partial charge is 0.494 e. The van der Waals surface area contributed by atoms with Crippen LogP contribution in [0, 0.1) is 19.8 Å². The van der Waals surface area contributed by atoms with Gasteiger partial charge in [0.1, 0.15) is 5.75 Å². The SMILES string of the molecule is CCCOc1ccc(N2C[C@@H](C(=O)Nc3c(C)cc(Br)cc3C)CC2=O)cc1. The first-order chi connectivity index (χ1) is 13.4. The molecule has 0 aliphatic carbocycles. The summed E-state index contributed by atoms with van der Waals surface area (Å²) in [6, 6.07) is 11.4. The van der Waals surface area contributed by atoms with Crippen molar-refractivity contribution in [1.82, 2.24) is 0 Å². The standard InChI is InChI=1S/C22H25BrN2O3/c1-4-9-28-19-7-5-18(6-8-19)25-13-16(12-20(25)26)22(27)24-21-14(2)10-17(23)11-15(21)3/h5-8,10-11,16H,4,9,12-13H2,1-3H3,(H,24,27)/t16-/m0/s1. The van der Waals surface area contributed by atoms with Gasteiger partial charge in [0.2, 0.25) is 11.8 Å². The number of nitrogens with zero attached hydrogens (tertiary/aromatic N) is 1. The van der Waals surface area contributed by atoms with Crippen molar-refractivity contribution in [3.05, 3.63) is 52.0 Å². The summed E-state index contributed by atoms with van der Waals surface area (Å²) in [6.45, 7) is 7.02. The lowest BCUT2D eigenvalue weighted by Crippen LogP contribution is -2.28. The number of carbonyl (C=O) groups is 2. The Balaban J connectivity index is 1.68. The van der Waals surface area contributed by atoms with Crippen molar-refractivity contribution in [3.63, 3.8) is 0 Å². The lowest BCUT2D eigenvalue weighted by molar-refractivity contribution is -0.122. The molecular formula is C22H25BrN2O3. The molecule has 1 saturated heterocycles. The van der Waals surface area contributed by atoms with E-state index in [9.17, 15) is 9.59 Å². The van der Waals surface area contributed by atoms with Crippen LogP contribution in [0.1, 0.15) is 30.9 Å². The first kappa shape index (κ1) is 20.4. The molecule has 0 bridgehead atoms. The number of carbonyl (C=O) groups excluding carboxylic acids is 2. The van der Waals surface area contributed by atoms with E-state index < -0.39 is 0 Å². The molecule has 28 heavy (non-hydrogen) atoms. The number of halogens is 1. The Kier molecular flexibility index (Phi) is 6.39. The predicted octanol–water partition coefficient (Wildman–Crippen LogP) is 4.85. The van der Waals surface area contributed by atoms with Crippen LogP contribution in [0.5, 0.6) is 5.75 Å². The summed E-state index contributed by atoms with van der Waals surface area (Å²) in [6.07, 6.45) is 1.16. The van der Waals surface area contributed by atoms with Gasteiger partial charge in [0.05, 0.1) is 12.5 Å². The monoisotopic (exact) mass is 444 g/mol. The van der Waals surface area contributed by atoms with Crippen LogP contribution in [0.3, 0.4) is 0 Å². The average Bonchev–Trinajstić information content (AvgIpc) is 3.05. The van der Waals surface area contributed by atoms with E-state index in [-0.39, 0.29) is 24.2 Å². The van der Waals surface area contributed by atoms with Crippen molar-refractivity contribution in [2.75, 3.05) is 23.4 Å². The van der Waals surface area contributed by atoms with Gasteiger partial charge in [0, 0.05) is 28.8 Å². The second kappa shape index (κ2) is 8.78. The lowest BCUT2D eigenvalue weighted by atomic mass is 10.1. The first-order valence-corrected chi connectivity index (χ1v) is 10.3. The van der Waals surface area contributed by atoms with Gasteiger partial charge in [-0.05, 0) is 67.8 Å². The summed E-state index contributed by atoms with van der Waals surface area (Å²) >= 11 is 3.47. The molecule has 6 heteroatoms. The van der Waals surface area contributed by atoms with Gasteiger partial charge in [-0.1, -0.05) is 22.9 Å². The van der Waals surface area contributed by atoms with Crippen molar-refractivity contribution in [2.24, 2.45) is 5.92 Å². The van der Waals surface area contributed by atoms with Crippen LogP contribution in [0.15, 0.2) is 40.9 Å². The van der Waals surface area contributed by atoms with E-state index >= 15 is 0 Å². The molecule has 0 unspecified atom stereocenters. The molecule has 0 aromatic heterocycles. The van der Waals surface area contributed by atoms with Gasteiger partial charge in [-0.15, -0.1) is 0 Å². The molecule has 2 aromatic carbocycles. The third-order valence-corrected chi connectivity index (χ3v) is 5.32. The lowest BCUT2D eigenvalue weighted by Gasteiger charge is -2.18. The van der Waals surface area contributed by atoms with Crippen LogP contribution < -0.4 is 15.0 Å². The zero-order valence-corrected chi connectivity index (χ0v) is 18.0. The molecule has 2 amide bonds. The molecular weight excluding hydrogens is 420 g/mol. The summed E-state index contributed by atoms with van der Waals surface area (Å²) in [7, 11) is 0. The van der Waals surface area contributed by atoms with Gasteiger partial charge >= 0.3 is 0 Å². The summed E-state index contributed by atoms with van der Waals surface area (Å²) < 4.78 is 6.57. The zero-order valence-electron chi connectivity index (χ0n) is 16.4. The van der Waals surface area contributed by atoms with Gasteiger partial charge < -0.3 is 15.0 Å². The molecule has 148 valence electrons. The number of aryl methyl sites for hydroxylation is 2. The van der Waals surface area contributed by atoms with Crippen molar-refractivity contribution < 1.29 is 14.3 Å². The van der Waals surface area contributed by atoms with E-state index in [1.165, 1.54) is 0 Å². The Bertz CT molecular complexity index is 857. The second-order valence-electron chi connectivity index (χ2n) is 7.15. The molecule has 1 heterocycles. The smallest absolute Gasteiger partial charge is 0.229 e. The Hall–Kier alpha value is -2.34. The van der Waals surface area contributed by atoms with Crippen LogP contribution in [0.2, 0.25) is 0 Å². The highest BCUT2D eigenvalue weighted by Crippen LogP contribution is 2.29. The number of hydrogen-bond acceptors (Lipinski definition) is 3. The number of rotatable bonds is 6. The summed E-state index contributed by atoms with van der Waals surface area (Å²) in [5.74, 6) is 0.262. The Morgan fingerprint density at radius 1 is 1.21 bits per heavy atom. The third kappa shape index (κ3) is 4.55. The summed E-state index contributed by atoms with van der Waals surface area (Å²) in [5, 5.41) is 3.01. The topological polar surface area (TPSA) is 58.6 Å². The second-order valence-corrected chi connectivity index (χ2v) is 8.07. The molecule has 1 N–H and O–H groups in total. The zero-order chi connectivity index (χ0) is 20.3. The summed E-state index contributed by atoms with van der Waals surface area (Å²) in [5.41, 5.74) is 3.59. The number of anilines is 2. The fourth-order valence-corrected chi connectivity index (χ4v) is 4.09. The molecule has 2 aromatic rings. The number of hydrogen-bond donors (Lipinski definition) is 1. The van der Waals surface area contributed by atoms with Gasteiger partial charge in [-0.3, -0.25) is 9.59 Å². The summed E-state index contributed by atoms with van der Waals surface area (Å²) in [4.78, 5) is 26.9. The van der Waals surface area contributed by atoms with Gasteiger partial charge in [-0.2, -0.15) is 0 Å². The van der Waals surface area contributed by atoms with Crippen LogP contribution in [0.25, 0.3) is 0 Å². The highest BCUT2D eigenvalue weighted by molar-refractivity contribution is 9.10. The number of ether oxygens (including phenoxy) is 1. The average molecular weight is 445 g/mol. The van der Waals surface area contributed by atoms with E-state index in [0.29, 0.717) is 13.2 Å². The molecule has 0 radical (unpaired) electrons. The molecule has 5 nitrogen and oxygen atoms in total. The van der Waals surface area contributed by atoms with Gasteiger partial charge in [-0.25, -0.2) is 0 Å². The quantitative estimate of drug-likeness (QED) is 0.692. The van der Waals surface area contributed by atoms with Crippen LogP contribution in [0.4, 0.5) is 11.4 Å². The molecule has 1 fully saturated rings. The normalized spacial score (nSPS) is 16.4. The van der Waals surface area contributed by atoms with E-state index in [2.05, 4.69) is 28.2 Å². The van der Waals surface area contributed by atoms with Crippen LogP contribution >= 0.6 is 15.9 Å². The maximum absolute atomic E-state index is 12.8. The van der Waals surface area contributed by atoms with Gasteiger partial charge in [0.25, 0.3) is 0 Å². The van der Waals surface area contributed by atoms with E-state index in [0.717, 1.165) is 39.1 Å². The molecule has 0 saturated carbocycles. The Morgan fingerprint density at radius 3 is 2.46 bits per heavy atom. The number of nitrogens with one attached hydrogen (secondary N) is 1. The minimum Gasteiger partial charge on any atom is -0.494 e. The Morgan fingerprint density at radius 2 is 1.86 bits per heavy atom. The Labute approximate surface area is 174 Å². The fraction of sp³-hybridized carbons (Fsp3) is 0.364. The van der Waals surface area contributed by atoms with Crippen molar-refractivity contribution in [3.8, 4) is 5.75 Å². The van der Waals surface area contributed by atoms with Crippen molar-refractivity contribution in [2.45, 2.75) is 33.6 Å². The van der Waals surface area contributed by atoms with Crippen LogP contribution in [-0.4, -0.2) is 25.0 Å². The van der Waals surface area contributed by atoms with E-state index in [4.69, 9.17) is 4.74 Å². The molecule has 1 aliphatic rings. The number of benzene rings is 2. The molecule has 3 rings (SSSR count).